The number of carbonyl (C=O) groups is 2. The van der Waals surface area contributed by atoms with Crippen LogP contribution in [0.3, 0.4) is 0 Å². The van der Waals surface area contributed by atoms with Crippen molar-refractivity contribution in [3.63, 3.8) is 0 Å². The Morgan fingerprint density at radius 3 is 2.39 bits per heavy atom. The topological polar surface area (TPSA) is 105 Å². The number of nitrogens with one attached hydrogen (secondary N) is 2. The van der Waals surface area contributed by atoms with E-state index in [0.717, 1.165) is 6.08 Å². The molecule has 2 aromatic rings. The monoisotopic (exact) mass is 402 g/mol. The van der Waals surface area contributed by atoms with E-state index in [4.69, 9.17) is 9.94 Å². The lowest BCUT2D eigenvalue weighted by Gasteiger charge is -2.19. The van der Waals surface area contributed by atoms with Gasteiger partial charge in [-0.1, -0.05) is 12.1 Å². The van der Waals surface area contributed by atoms with Gasteiger partial charge in [-0.2, -0.15) is 0 Å². The summed E-state index contributed by atoms with van der Waals surface area (Å²) in [4.78, 5) is 23.6. The van der Waals surface area contributed by atoms with Crippen LogP contribution in [0.2, 0.25) is 0 Å². The van der Waals surface area contributed by atoms with Gasteiger partial charge < -0.3 is 9.46 Å². The van der Waals surface area contributed by atoms with Crippen LogP contribution in [0.5, 0.6) is 0 Å². The summed E-state index contributed by atoms with van der Waals surface area (Å²) >= 11 is 0. The zero-order valence-electron chi connectivity index (χ0n) is 15.8. The molecule has 1 amide bonds. The maximum Gasteiger partial charge on any atom is 0.338 e. The molecule has 0 aliphatic rings. The van der Waals surface area contributed by atoms with Gasteiger partial charge in [0.2, 0.25) is 0 Å². The molecule has 0 aromatic heterocycles. The van der Waals surface area contributed by atoms with E-state index in [1.165, 1.54) is 11.6 Å². The fourth-order valence-corrected chi connectivity index (χ4v) is 3.03. The number of ether oxygens (including phenoxy) is 1. The number of hydrogen-bond acceptors (Lipinski definition) is 5. The molecule has 0 aliphatic carbocycles. The molecule has 2 rings (SSSR count). The highest BCUT2D eigenvalue weighted by atomic mass is 32.2. The number of benzene rings is 2. The molecule has 0 spiro atoms. The first-order valence-electron chi connectivity index (χ1n) is 8.42. The van der Waals surface area contributed by atoms with Crippen molar-refractivity contribution in [2.24, 2.45) is 0 Å². The number of amides is 1. The van der Waals surface area contributed by atoms with Crippen LogP contribution in [0.1, 0.15) is 36.7 Å². The van der Waals surface area contributed by atoms with Gasteiger partial charge in [-0.05, 0) is 68.8 Å². The smallest absolute Gasteiger partial charge is 0.338 e. The Kier molecular flexibility index (Phi) is 7.08. The lowest BCUT2D eigenvalue weighted by molar-refractivity contribution is -0.124. The molecule has 1 unspecified atom stereocenters. The fourth-order valence-electron chi connectivity index (χ4n) is 2.12. The van der Waals surface area contributed by atoms with Gasteiger partial charge in [0, 0.05) is 11.8 Å². The highest BCUT2D eigenvalue weighted by Gasteiger charge is 2.17. The normalized spacial score (nSPS) is 12.4. The number of hydrogen-bond donors (Lipinski definition) is 3. The van der Waals surface area contributed by atoms with E-state index in [-0.39, 0.29) is 0 Å². The van der Waals surface area contributed by atoms with Gasteiger partial charge >= 0.3 is 5.97 Å². The van der Waals surface area contributed by atoms with Crippen LogP contribution < -0.4 is 10.2 Å². The first-order valence-corrected chi connectivity index (χ1v) is 9.57. The van der Waals surface area contributed by atoms with Crippen molar-refractivity contribution in [2.45, 2.75) is 31.3 Å². The van der Waals surface area contributed by atoms with Gasteiger partial charge in [-0.25, -0.2) is 14.5 Å². The second-order valence-corrected chi connectivity index (χ2v) is 8.04. The summed E-state index contributed by atoms with van der Waals surface area (Å²) in [6, 6.07) is 13.3. The molecule has 2 aromatic carbocycles. The summed E-state index contributed by atoms with van der Waals surface area (Å²) in [7, 11) is -1.54. The van der Waals surface area contributed by atoms with Crippen LogP contribution in [0.25, 0.3) is 6.08 Å². The van der Waals surface area contributed by atoms with Gasteiger partial charge in [0.25, 0.3) is 5.91 Å². The maximum absolute atomic E-state index is 12.5. The van der Waals surface area contributed by atoms with E-state index in [0.29, 0.717) is 21.7 Å². The van der Waals surface area contributed by atoms with Crippen LogP contribution in [0.15, 0.2) is 59.5 Å². The Labute approximate surface area is 166 Å². The van der Waals surface area contributed by atoms with Crippen LogP contribution in [0.4, 0.5) is 5.69 Å². The summed E-state index contributed by atoms with van der Waals surface area (Å²) in [5.74, 6) is -1.08. The first kappa shape index (κ1) is 21.3. The zero-order chi connectivity index (χ0) is 20.7. The highest BCUT2D eigenvalue weighted by molar-refractivity contribution is 7.86. The molecule has 0 bridgehead atoms. The third kappa shape index (κ3) is 6.64. The second kappa shape index (κ2) is 9.29. The molecule has 0 aliphatic heterocycles. The van der Waals surface area contributed by atoms with Crippen molar-refractivity contribution in [2.75, 3.05) is 4.72 Å². The van der Waals surface area contributed by atoms with Crippen LogP contribution in [-0.2, 0) is 20.5 Å². The molecule has 0 saturated heterocycles. The Hall–Kier alpha value is -2.97. The number of carbonyl (C=O) groups excluding carboxylic acids is 2. The lowest BCUT2D eigenvalue weighted by Crippen LogP contribution is -2.23. The predicted molar refractivity (Wildman–Crippen MR) is 107 cm³/mol. The number of anilines is 1. The summed E-state index contributed by atoms with van der Waals surface area (Å²) in [6.45, 7) is 5.39. The largest absolute Gasteiger partial charge is 0.456 e. The van der Waals surface area contributed by atoms with Gasteiger partial charge in [0.05, 0.1) is 10.5 Å². The SMILES string of the molecule is CC(C)(C)OC(=O)c1ccc(NS(=O)c2cccc(/C=C/C(=O)NO)c2)cc1. The third-order valence-electron chi connectivity index (χ3n) is 3.34. The van der Waals surface area contributed by atoms with Crippen molar-refractivity contribution >= 4 is 34.6 Å². The molecule has 3 N–H and O–H groups in total. The van der Waals surface area contributed by atoms with Gasteiger partial charge in [-0.3, -0.25) is 10.0 Å². The van der Waals surface area contributed by atoms with E-state index in [2.05, 4.69) is 4.72 Å². The summed E-state index contributed by atoms with van der Waals surface area (Å²) in [5, 5.41) is 8.49. The third-order valence-corrected chi connectivity index (χ3v) is 4.44. The predicted octanol–water partition coefficient (Wildman–Crippen LogP) is 3.30. The molecule has 0 saturated carbocycles. The first-order chi connectivity index (χ1) is 13.2. The standard InChI is InChI=1S/C20H22N2O5S/c1-20(2,3)27-19(24)15-8-10-16(11-9-15)22-28(26)17-6-4-5-14(13-17)7-12-18(23)21-25/h4-13,22,25H,1-3H3,(H,21,23)/b12-7+. The average Bonchev–Trinajstić information content (AvgIpc) is 2.65. The van der Waals surface area contributed by atoms with E-state index in [1.807, 2.05) is 0 Å². The number of hydroxylamine groups is 1. The second-order valence-electron chi connectivity index (χ2n) is 6.83. The Morgan fingerprint density at radius 1 is 1.11 bits per heavy atom. The van der Waals surface area contributed by atoms with Crippen molar-refractivity contribution in [1.82, 2.24) is 5.48 Å². The molecule has 1 atom stereocenters. The quantitative estimate of drug-likeness (QED) is 0.298. The Balaban J connectivity index is 2.06. The molecule has 148 valence electrons. The van der Waals surface area contributed by atoms with Crippen molar-refractivity contribution < 1.29 is 23.7 Å². The van der Waals surface area contributed by atoms with Crippen LogP contribution in [-0.4, -0.2) is 26.9 Å². The Bertz CT molecular complexity index is 902. The van der Waals surface area contributed by atoms with Gasteiger partial charge in [0.15, 0.2) is 0 Å². The number of rotatable bonds is 6. The van der Waals surface area contributed by atoms with Gasteiger partial charge in [0.1, 0.15) is 16.6 Å². The molecular weight excluding hydrogens is 380 g/mol. The molecule has 28 heavy (non-hydrogen) atoms. The average molecular weight is 402 g/mol. The molecule has 8 heteroatoms. The van der Waals surface area contributed by atoms with E-state index >= 15 is 0 Å². The van der Waals surface area contributed by atoms with E-state index in [9.17, 15) is 13.8 Å². The van der Waals surface area contributed by atoms with Crippen LogP contribution in [0, 0.1) is 0 Å². The van der Waals surface area contributed by atoms with Gasteiger partial charge in [-0.15, -0.1) is 0 Å². The highest BCUT2D eigenvalue weighted by Crippen LogP contribution is 2.17. The van der Waals surface area contributed by atoms with E-state index in [1.54, 1.807) is 69.3 Å². The van der Waals surface area contributed by atoms with Crippen LogP contribution >= 0.6 is 0 Å². The molecule has 0 fully saturated rings. The molecule has 7 nitrogen and oxygen atoms in total. The summed E-state index contributed by atoms with van der Waals surface area (Å²) in [6.07, 6.45) is 2.65. The minimum Gasteiger partial charge on any atom is -0.456 e. The Morgan fingerprint density at radius 2 is 1.79 bits per heavy atom. The van der Waals surface area contributed by atoms with E-state index < -0.39 is 28.5 Å². The maximum atomic E-state index is 12.5. The molecule has 0 heterocycles. The van der Waals surface area contributed by atoms with Crippen molar-refractivity contribution in [3.8, 4) is 0 Å². The lowest BCUT2D eigenvalue weighted by atomic mass is 10.1. The molecule has 0 radical (unpaired) electrons. The zero-order valence-corrected chi connectivity index (χ0v) is 16.6. The summed E-state index contributed by atoms with van der Waals surface area (Å²) in [5.41, 5.74) is 2.55. The number of esters is 1. The minimum atomic E-state index is -1.54. The van der Waals surface area contributed by atoms with Crippen molar-refractivity contribution in [1.29, 1.82) is 0 Å². The minimum absolute atomic E-state index is 0.403. The fraction of sp³-hybridized carbons (Fsp3) is 0.200. The summed E-state index contributed by atoms with van der Waals surface area (Å²) < 4.78 is 20.7. The van der Waals surface area contributed by atoms with Crippen molar-refractivity contribution in [3.05, 3.63) is 65.7 Å². The molecular formula is C20H22N2O5S.